The van der Waals surface area contributed by atoms with E-state index in [9.17, 15) is 0 Å². The van der Waals surface area contributed by atoms with E-state index in [-0.39, 0.29) is 5.41 Å². The smallest absolute Gasteiger partial charge is 0.187 e. The van der Waals surface area contributed by atoms with Crippen molar-refractivity contribution in [2.24, 2.45) is 0 Å². The number of rotatable bonds is 2. The Hall–Kier alpha value is -2.01. The third-order valence-electron chi connectivity index (χ3n) is 3.40. The maximum atomic E-state index is 6.10. The molecule has 0 aliphatic rings. The number of ether oxygens (including phenoxy) is 1. The summed E-state index contributed by atoms with van der Waals surface area (Å²) in [6.07, 6.45) is 0. The fourth-order valence-corrected chi connectivity index (χ4v) is 2.37. The number of H-pyrrole nitrogens is 1. The van der Waals surface area contributed by atoms with Gasteiger partial charge in [-0.3, -0.25) is 5.10 Å². The van der Waals surface area contributed by atoms with E-state index in [4.69, 9.17) is 16.3 Å². The molecule has 21 heavy (non-hydrogen) atoms. The minimum Gasteiger partial charge on any atom is -0.496 e. The predicted octanol–water partition coefficient (Wildman–Crippen LogP) is 3.68. The summed E-state index contributed by atoms with van der Waals surface area (Å²) in [5, 5.41) is 12.4. The van der Waals surface area contributed by atoms with Crippen LogP contribution in [-0.2, 0) is 5.41 Å². The van der Waals surface area contributed by atoms with Crippen LogP contribution in [0.5, 0.6) is 5.75 Å². The molecule has 0 aliphatic carbocycles. The van der Waals surface area contributed by atoms with Crippen molar-refractivity contribution in [3.05, 3.63) is 35.0 Å². The van der Waals surface area contributed by atoms with E-state index in [1.54, 1.807) is 13.2 Å². The first-order valence-corrected chi connectivity index (χ1v) is 7.06. The van der Waals surface area contributed by atoms with Crippen LogP contribution in [0.2, 0.25) is 5.02 Å². The molecule has 2 aromatic heterocycles. The van der Waals surface area contributed by atoms with Gasteiger partial charge in [-0.1, -0.05) is 32.4 Å². The van der Waals surface area contributed by atoms with E-state index in [0.29, 0.717) is 16.6 Å². The van der Waals surface area contributed by atoms with E-state index in [2.05, 4.69) is 36.1 Å². The molecule has 3 rings (SSSR count). The summed E-state index contributed by atoms with van der Waals surface area (Å²) in [5.41, 5.74) is 2.68. The molecule has 5 nitrogen and oxygen atoms in total. The van der Waals surface area contributed by atoms with E-state index in [1.165, 1.54) is 0 Å². The first kappa shape index (κ1) is 13.9. The van der Waals surface area contributed by atoms with Gasteiger partial charge < -0.3 is 4.74 Å². The van der Waals surface area contributed by atoms with Crippen LogP contribution in [0.4, 0.5) is 0 Å². The zero-order chi connectivity index (χ0) is 15.2. The highest BCUT2D eigenvalue weighted by molar-refractivity contribution is 6.30. The zero-order valence-corrected chi connectivity index (χ0v) is 13.2. The molecule has 0 amide bonds. The second-order valence-corrected chi connectivity index (χ2v) is 6.42. The summed E-state index contributed by atoms with van der Waals surface area (Å²) in [5.74, 6) is 1.39. The molecular formula is C15H17ClN4O. The first-order chi connectivity index (χ1) is 9.90. The van der Waals surface area contributed by atoms with Crippen molar-refractivity contribution in [3.8, 4) is 17.1 Å². The molecule has 6 heteroatoms. The van der Waals surface area contributed by atoms with Crippen LogP contribution >= 0.6 is 11.6 Å². The predicted molar refractivity (Wildman–Crippen MR) is 83.0 cm³/mol. The van der Waals surface area contributed by atoms with Gasteiger partial charge in [0.15, 0.2) is 11.5 Å². The fourth-order valence-electron chi connectivity index (χ4n) is 2.20. The van der Waals surface area contributed by atoms with Crippen LogP contribution in [0.1, 0.15) is 26.5 Å². The van der Waals surface area contributed by atoms with Crippen LogP contribution in [-0.4, -0.2) is 26.9 Å². The molecule has 0 fully saturated rings. The lowest BCUT2D eigenvalue weighted by Crippen LogP contribution is -2.12. The normalized spacial score (nSPS) is 12.0. The summed E-state index contributed by atoms with van der Waals surface area (Å²) in [6.45, 7) is 6.43. The minimum absolute atomic E-state index is 0.0103. The van der Waals surface area contributed by atoms with Gasteiger partial charge in [0, 0.05) is 22.2 Å². The summed E-state index contributed by atoms with van der Waals surface area (Å²) in [6, 6.07) is 7.45. The lowest BCUT2D eigenvalue weighted by Gasteiger charge is -2.15. The Balaban J connectivity index is 2.21. The number of nitrogens with one attached hydrogen (secondary N) is 1. The number of aromatic nitrogens is 4. The second-order valence-electron chi connectivity index (χ2n) is 5.98. The largest absolute Gasteiger partial charge is 0.496 e. The number of hydrogen-bond acceptors (Lipinski definition) is 3. The summed E-state index contributed by atoms with van der Waals surface area (Å²) >= 11 is 6.10. The minimum atomic E-state index is 0.0103. The van der Waals surface area contributed by atoms with Gasteiger partial charge in [0.25, 0.3) is 0 Å². The van der Waals surface area contributed by atoms with Crippen LogP contribution < -0.4 is 4.74 Å². The number of methoxy groups -OCH3 is 1. The standard InChI is InChI=1S/C15H17ClN4O/c1-15(2,3)12-8-13-17-18-14(20(13)19-12)10-7-9(16)5-6-11(10)21-4/h5-8,19H,1-4H3. The Morgan fingerprint density at radius 3 is 2.62 bits per heavy atom. The van der Waals surface area contributed by atoms with Gasteiger partial charge >= 0.3 is 0 Å². The Morgan fingerprint density at radius 1 is 1.19 bits per heavy atom. The fraction of sp³-hybridized carbons (Fsp3) is 0.333. The van der Waals surface area contributed by atoms with Gasteiger partial charge in [-0.05, 0) is 18.2 Å². The molecule has 1 aromatic carbocycles. The topological polar surface area (TPSA) is 55.2 Å². The van der Waals surface area contributed by atoms with E-state index in [1.807, 2.05) is 22.7 Å². The lowest BCUT2D eigenvalue weighted by molar-refractivity contribution is 0.416. The molecule has 0 bridgehead atoms. The van der Waals surface area contributed by atoms with Crippen molar-refractivity contribution in [1.29, 1.82) is 0 Å². The zero-order valence-electron chi connectivity index (χ0n) is 12.4. The molecule has 2 heterocycles. The Labute approximate surface area is 127 Å². The number of hydrogen-bond donors (Lipinski definition) is 1. The van der Waals surface area contributed by atoms with Gasteiger partial charge in [-0.2, -0.15) is 0 Å². The number of halogens is 1. The van der Waals surface area contributed by atoms with Crippen LogP contribution in [0, 0.1) is 0 Å². The quantitative estimate of drug-likeness (QED) is 0.785. The lowest BCUT2D eigenvalue weighted by atomic mass is 9.93. The van der Waals surface area contributed by atoms with Gasteiger partial charge in [-0.15, -0.1) is 10.2 Å². The number of nitrogens with zero attached hydrogens (tertiary/aromatic N) is 3. The first-order valence-electron chi connectivity index (χ1n) is 6.68. The van der Waals surface area contributed by atoms with Gasteiger partial charge in [0.1, 0.15) is 5.75 Å². The molecule has 0 aliphatic heterocycles. The van der Waals surface area contributed by atoms with Crippen molar-refractivity contribution in [2.45, 2.75) is 26.2 Å². The highest BCUT2D eigenvalue weighted by Crippen LogP contribution is 2.32. The molecule has 0 radical (unpaired) electrons. The SMILES string of the molecule is COc1ccc(Cl)cc1-c1nnc2cc(C(C)(C)C)[nH]n12. The molecule has 110 valence electrons. The maximum Gasteiger partial charge on any atom is 0.187 e. The average molecular weight is 305 g/mol. The molecule has 3 aromatic rings. The van der Waals surface area contributed by atoms with Crippen LogP contribution in [0.25, 0.3) is 17.0 Å². The Morgan fingerprint density at radius 2 is 1.95 bits per heavy atom. The summed E-state index contributed by atoms with van der Waals surface area (Å²) < 4.78 is 7.25. The number of fused-ring (bicyclic) bond motifs is 1. The average Bonchev–Trinajstić information content (AvgIpc) is 2.97. The highest BCUT2D eigenvalue weighted by Gasteiger charge is 2.20. The molecule has 1 N–H and O–H groups in total. The van der Waals surface area contributed by atoms with Crippen LogP contribution in [0.15, 0.2) is 24.3 Å². The maximum absolute atomic E-state index is 6.10. The molecular weight excluding hydrogens is 288 g/mol. The van der Waals surface area contributed by atoms with Gasteiger partial charge in [-0.25, -0.2) is 4.52 Å². The summed E-state index contributed by atoms with van der Waals surface area (Å²) in [4.78, 5) is 0. The molecule has 0 spiro atoms. The monoisotopic (exact) mass is 304 g/mol. The van der Waals surface area contributed by atoms with Gasteiger partial charge in [0.2, 0.25) is 0 Å². The third kappa shape index (κ3) is 2.38. The Bertz CT molecular complexity index is 798. The highest BCUT2D eigenvalue weighted by atomic mass is 35.5. The molecule has 0 saturated heterocycles. The molecule has 0 saturated carbocycles. The van der Waals surface area contributed by atoms with Crippen molar-refractivity contribution in [1.82, 2.24) is 19.8 Å². The van der Waals surface area contributed by atoms with Crippen molar-refractivity contribution in [2.75, 3.05) is 7.11 Å². The van der Waals surface area contributed by atoms with Crippen molar-refractivity contribution < 1.29 is 4.74 Å². The van der Waals surface area contributed by atoms with Crippen molar-refractivity contribution in [3.63, 3.8) is 0 Å². The van der Waals surface area contributed by atoms with E-state index in [0.717, 1.165) is 16.9 Å². The van der Waals surface area contributed by atoms with Crippen LogP contribution in [0.3, 0.4) is 0 Å². The summed E-state index contributed by atoms with van der Waals surface area (Å²) in [7, 11) is 1.63. The number of aromatic amines is 1. The number of benzene rings is 1. The molecule has 0 unspecified atom stereocenters. The van der Waals surface area contributed by atoms with E-state index < -0.39 is 0 Å². The third-order valence-corrected chi connectivity index (χ3v) is 3.64. The Kier molecular flexibility index (Phi) is 3.17. The van der Waals surface area contributed by atoms with Gasteiger partial charge in [0.05, 0.1) is 12.7 Å². The molecule has 0 atom stereocenters. The van der Waals surface area contributed by atoms with E-state index >= 15 is 0 Å². The second kappa shape index (κ2) is 4.77. The van der Waals surface area contributed by atoms with Crippen molar-refractivity contribution >= 4 is 17.2 Å².